The van der Waals surface area contributed by atoms with E-state index < -0.39 is 0 Å². The van der Waals surface area contributed by atoms with Crippen LogP contribution in [0, 0.1) is 0 Å². The smallest absolute Gasteiger partial charge is 0.258 e. The van der Waals surface area contributed by atoms with Crippen LogP contribution in [0.1, 0.15) is 60.7 Å². The number of carbonyl (C=O) groups is 1. The van der Waals surface area contributed by atoms with Crippen molar-refractivity contribution >= 4 is 34.5 Å². The van der Waals surface area contributed by atoms with Crippen LogP contribution in [0.2, 0.25) is 0 Å². The molecule has 1 amide bonds. The molecule has 3 aromatic rings. The molecule has 0 bridgehead atoms. The van der Waals surface area contributed by atoms with Crippen LogP contribution in [0.3, 0.4) is 0 Å². The molecule has 1 aromatic carbocycles. The van der Waals surface area contributed by atoms with E-state index in [1.807, 2.05) is 30.3 Å². The molecule has 2 saturated carbocycles. The maximum absolute atomic E-state index is 12.9. The highest BCUT2D eigenvalue weighted by Gasteiger charge is 2.29. The Kier molecular flexibility index (Phi) is 4.36. The summed E-state index contributed by atoms with van der Waals surface area (Å²) in [6.07, 6.45) is 9.01. The van der Waals surface area contributed by atoms with E-state index in [1.54, 1.807) is 18.0 Å². The molecule has 1 N–H and O–H groups in total. The number of nitrogens with one attached hydrogen (secondary N) is 1. The monoisotopic (exact) mass is 379 g/mol. The first kappa shape index (κ1) is 16.8. The average molecular weight is 379 g/mol. The zero-order valence-corrected chi connectivity index (χ0v) is 15.8. The number of hydrogen-bond acceptors (Lipinski definition) is 5. The van der Waals surface area contributed by atoms with Gasteiger partial charge in [0.15, 0.2) is 11.5 Å². The molecule has 2 aromatic heterocycles. The molecule has 5 nitrogen and oxygen atoms in total. The predicted molar refractivity (Wildman–Crippen MR) is 106 cm³/mol. The molecule has 5 rings (SSSR count). The predicted octanol–water partition coefficient (Wildman–Crippen LogP) is 5.39. The fourth-order valence-corrected chi connectivity index (χ4v) is 4.84. The molecule has 2 aliphatic rings. The van der Waals surface area contributed by atoms with Gasteiger partial charge in [-0.05, 0) is 56.0 Å². The van der Waals surface area contributed by atoms with Crippen LogP contribution in [-0.4, -0.2) is 21.1 Å². The Balaban J connectivity index is 1.36. The third kappa shape index (κ3) is 3.58. The molecule has 2 fully saturated rings. The van der Waals surface area contributed by atoms with Gasteiger partial charge in [0.05, 0.1) is 5.56 Å². The van der Waals surface area contributed by atoms with Crippen LogP contribution >= 0.6 is 11.8 Å². The van der Waals surface area contributed by atoms with Crippen LogP contribution < -0.4 is 5.32 Å². The first-order chi connectivity index (χ1) is 13.3. The minimum Gasteiger partial charge on any atom is -0.440 e. The maximum atomic E-state index is 12.9. The molecule has 2 heterocycles. The molecule has 0 radical (unpaired) electrons. The molecule has 27 heavy (non-hydrogen) atoms. The second-order valence-electron chi connectivity index (χ2n) is 7.34. The average Bonchev–Trinajstić information content (AvgIpc) is 3.24. The molecule has 0 atom stereocenters. The minimum absolute atomic E-state index is 0.131. The van der Waals surface area contributed by atoms with Crippen molar-refractivity contribution in [1.82, 2.24) is 9.97 Å². The topological polar surface area (TPSA) is 68.0 Å². The number of aromatic nitrogens is 2. The molecule has 2 aliphatic carbocycles. The van der Waals surface area contributed by atoms with Crippen molar-refractivity contribution in [3.05, 3.63) is 48.0 Å². The Morgan fingerprint density at radius 1 is 1.15 bits per heavy atom. The lowest BCUT2D eigenvalue weighted by Gasteiger charge is -2.12. The number of oxazole rings is 1. The number of hydrogen-bond donors (Lipinski definition) is 1. The normalized spacial score (nSPS) is 17.5. The summed E-state index contributed by atoms with van der Waals surface area (Å²) < 4.78 is 5.79. The fourth-order valence-electron chi connectivity index (χ4n) is 3.55. The van der Waals surface area contributed by atoms with Gasteiger partial charge in [0.25, 0.3) is 5.91 Å². The Bertz CT molecular complexity index is 990. The summed E-state index contributed by atoms with van der Waals surface area (Å²) in [6, 6.07) is 9.28. The van der Waals surface area contributed by atoms with Crippen LogP contribution in [0.25, 0.3) is 11.1 Å². The molecule has 0 saturated heterocycles. The summed E-state index contributed by atoms with van der Waals surface area (Å²) in [7, 11) is 0. The van der Waals surface area contributed by atoms with E-state index in [0.29, 0.717) is 16.7 Å². The van der Waals surface area contributed by atoms with Gasteiger partial charge >= 0.3 is 0 Å². The summed E-state index contributed by atoms with van der Waals surface area (Å²) in [5.41, 5.74) is 2.92. The largest absolute Gasteiger partial charge is 0.440 e. The van der Waals surface area contributed by atoms with Gasteiger partial charge in [-0.15, -0.1) is 11.8 Å². The Morgan fingerprint density at radius 2 is 2.00 bits per heavy atom. The lowest BCUT2D eigenvalue weighted by molar-refractivity contribution is 0.102. The summed E-state index contributed by atoms with van der Waals surface area (Å²) in [6.45, 7) is 0. The number of rotatable bonds is 5. The van der Waals surface area contributed by atoms with E-state index in [0.717, 1.165) is 40.5 Å². The van der Waals surface area contributed by atoms with E-state index in [9.17, 15) is 4.79 Å². The molecule has 6 heteroatoms. The zero-order valence-electron chi connectivity index (χ0n) is 15.0. The van der Waals surface area contributed by atoms with E-state index >= 15 is 0 Å². The zero-order chi connectivity index (χ0) is 18.2. The quantitative estimate of drug-likeness (QED) is 0.644. The van der Waals surface area contributed by atoms with Crippen molar-refractivity contribution in [3.63, 3.8) is 0 Å². The summed E-state index contributed by atoms with van der Waals surface area (Å²) in [5, 5.41) is 4.38. The Morgan fingerprint density at radius 3 is 2.81 bits per heavy atom. The number of carbonyl (C=O) groups excluding carboxylic acids is 1. The number of amides is 1. The van der Waals surface area contributed by atoms with Gasteiger partial charge in [-0.3, -0.25) is 4.79 Å². The van der Waals surface area contributed by atoms with Gasteiger partial charge in [0.1, 0.15) is 10.5 Å². The van der Waals surface area contributed by atoms with E-state index in [2.05, 4.69) is 15.3 Å². The van der Waals surface area contributed by atoms with Gasteiger partial charge in [-0.2, -0.15) is 0 Å². The second kappa shape index (κ2) is 7.00. The van der Waals surface area contributed by atoms with Crippen molar-refractivity contribution in [3.8, 4) is 0 Å². The molecule has 0 aliphatic heterocycles. The van der Waals surface area contributed by atoms with Crippen molar-refractivity contribution in [2.45, 2.75) is 54.7 Å². The van der Waals surface area contributed by atoms with Gasteiger partial charge in [-0.25, -0.2) is 9.97 Å². The van der Waals surface area contributed by atoms with E-state index in [4.69, 9.17) is 4.42 Å². The second-order valence-corrected chi connectivity index (χ2v) is 8.63. The minimum atomic E-state index is -0.131. The number of benzene rings is 1. The van der Waals surface area contributed by atoms with Gasteiger partial charge < -0.3 is 9.73 Å². The third-order valence-corrected chi connectivity index (χ3v) is 6.54. The van der Waals surface area contributed by atoms with Crippen molar-refractivity contribution in [2.75, 3.05) is 5.32 Å². The van der Waals surface area contributed by atoms with Crippen molar-refractivity contribution in [1.29, 1.82) is 0 Å². The first-order valence-electron chi connectivity index (χ1n) is 9.60. The summed E-state index contributed by atoms with van der Waals surface area (Å²) >= 11 is 1.73. The molecular formula is C21H21N3O2S. The number of nitrogens with zero attached hydrogens (tertiary/aromatic N) is 2. The highest BCUT2D eigenvalue weighted by Crippen LogP contribution is 2.41. The molecule has 138 valence electrons. The summed E-state index contributed by atoms with van der Waals surface area (Å²) in [5.74, 6) is 1.16. The fraction of sp³-hybridized carbons (Fsp3) is 0.381. The highest BCUT2D eigenvalue weighted by atomic mass is 32.2. The van der Waals surface area contributed by atoms with Crippen LogP contribution in [0.15, 0.2) is 46.0 Å². The van der Waals surface area contributed by atoms with Crippen LogP contribution in [0.5, 0.6) is 0 Å². The van der Waals surface area contributed by atoms with E-state index in [1.165, 1.54) is 25.7 Å². The lowest BCUT2D eigenvalue weighted by atomic mass is 10.2. The van der Waals surface area contributed by atoms with E-state index in [-0.39, 0.29) is 5.91 Å². The molecule has 0 unspecified atom stereocenters. The SMILES string of the molecule is O=C(Nc1ccc2oc(C3CC3)nc2c1)c1cccnc1SC1CCCC1. The van der Waals surface area contributed by atoms with Gasteiger partial charge in [-0.1, -0.05) is 12.8 Å². The number of anilines is 1. The maximum Gasteiger partial charge on any atom is 0.258 e. The first-order valence-corrected chi connectivity index (χ1v) is 10.5. The molecule has 0 spiro atoms. The van der Waals surface area contributed by atoms with Crippen molar-refractivity contribution in [2.24, 2.45) is 0 Å². The Labute approximate surface area is 162 Å². The highest BCUT2D eigenvalue weighted by molar-refractivity contribution is 7.99. The Hall–Kier alpha value is -2.34. The number of fused-ring (bicyclic) bond motifs is 1. The van der Waals surface area contributed by atoms with Crippen LogP contribution in [0.4, 0.5) is 5.69 Å². The summed E-state index contributed by atoms with van der Waals surface area (Å²) in [4.78, 5) is 21.9. The van der Waals surface area contributed by atoms with Gasteiger partial charge in [0.2, 0.25) is 0 Å². The number of pyridine rings is 1. The number of thioether (sulfide) groups is 1. The third-order valence-electron chi connectivity index (χ3n) is 5.18. The lowest BCUT2D eigenvalue weighted by Crippen LogP contribution is -2.14. The molecular weight excluding hydrogens is 358 g/mol. The van der Waals surface area contributed by atoms with Crippen LogP contribution in [-0.2, 0) is 0 Å². The van der Waals surface area contributed by atoms with Gasteiger partial charge in [0, 0.05) is 23.1 Å². The van der Waals surface area contributed by atoms with Crippen molar-refractivity contribution < 1.29 is 9.21 Å². The standard InChI is InChI=1S/C21H21N3O2S/c25-19(16-6-3-11-22-21(16)27-15-4-1-2-5-15)23-14-9-10-18-17(12-14)24-20(26-18)13-7-8-13/h3,6,9-13,15H,1-2,4-5,7-8H2,(H,23,25).